The van der Waals surface area contributed by atoms with Crippen LogP contribution in [0.5, 0.6) is 5.75 Å². The highest BCUT2D eigenvalue weighted by Crippen LogP contribution is 2.36. The normalized spacial score (nSPS) is 14.2. The number of carbonyl (C=O) groups excluding carboxylic acids is 1. The summed E-state index contributed by atoms with van der Waals surface area (Å²) in [6, 6.07) is 37.6. The van der Waals surface area contributed by atoms with Gasteiger partial charge in [-0.1, -0.05) is 91.0 Å². The SMILES string of the molecule is O=C(N/N=C/c1ccc(OCc2ccccc2)cc1)C1=NNC(c2ccccc2)(c2ccccc2)C1. The Hall–Kier alpha value is -4.71. The fourth-order valence-corrected chi connectivity index (χ4v) is 4.19. The van der Waals surface area contributed by atoms with E-state index in [4.69, 9.17) is 4.74 Å². The van der Waals surface area contributed by atoms with Gasteiger partial charge in [-0.25, -0.2) is 5.43 Å². The number of nitrogens with one attached hydrogen (secondary N) is 2. The van der Waals surface area contributed by atoms with Gasteiger partial charge in [-0.3, -0.25) is 10.2 Å². The number of hydrazone groups is 2. The molecule has 1 heterocycles. The number of hydrogen-bond acceptors (Lipinski definition) is 5. The first-order chi connectivity index (χ1) is 17.7. The number of benzene rings is 4. The van der Waals surface area contributed by atoms with E-state index in [-0.39, 0.29) is 5.91 Å². The van der Waals surface area contributed by atoms with Gasteiger partial charge >= 0.3 is 0 Å². The van der Waals surface area contributed by atoms with Crippen LogP contribution in [0.1, 0.15) is 28.7 Å². The second-order valence-electron chi connectivity index (χ2n) is 8.53. The van der Waals surface area contributed by atoms with Crippen LogP contribution in [0.2, 0.25) is 0 Å². The molecular formula is C30H26N4O2. The zero-order valence-corrected chi connectivity index (χ0v) is 19.7. The Balaban J connectivity index is 1.20. The molecule has 0 aromatic heterocycles. The van der Waals surface area contributed by atoms with E-state index in [0.29, 0.717) is 18.7 Å². The quantitative estimate of drug-likeness (QED) is 0.279. The first-order valence-electron chi connectivity index (χ1n) is 11.8. The van der Waals surface area contributed by atoms with Crippen LogP contribution in [0, 0.1) is 0 Å². The predicted octanol–water partition coefficient (Wildman–Crippen LogP) is 5.01. The fraction of sp³-hybridized carbons (Fsp3) is 0.100. The van der Waals surface area contributed by atoms with Gasteiger partial charge in [0.25, 0.3) is 5.91 Å². The molecule has 1 aliphatic rings. The highest BCUT2D eigenvalue weighted by molar-refractivity contribution is 6.39. The van der Waals surface area contributed by atoms with Crippen molar-refractivity contribution in [3.8, 4) is 5.75 Å². The van der Waals surface area contributed by atoms with Crippen LogP contribution in [0.25, 0.3) is 0 Å². The molecule has 0 spiro atoms. The maximum Gasteiger partial charge on any atom is 0.287 e. The molecule has 0 saturated carbocycles. The number of hydrogen-bond donors (Lipinski definition) is 2. The molecule has 36 heavy (non-hydrogen) atoms. The molecule has 0 aliphatic carbocycles. The Bertz CT molecular complexity index is 1310. The van der Waals surface area contributed by atoms with Crippen molar-refractivity contribution >= 4 is 17.8 Å². The number of carbonyl (C=O) groups is 1. The van der Waals surface area contributed by atoms with Crippen molar-refractivity contribution in [2.75, 3.05) is 0 Å². The minimum Gasteiger partial charge on any atom is -0.489 e. The minimum atomic E-state index is -0.603. The molecule has 1 amide bonds. The third kappa shape index (κ3) is 5.18. The lowest BCUT2D eigenvalue weighted by Gasteiger charge is -2.30. The number of nitrogens with zero attached hydrogens (tertiary/aromatic N) is 2. The third-order valence-corrected chi connectivity index (χ3v) is 6.12. The van der Waals surface area contributed by atoms with Crippen LogP contribution in [-0.4, -0.2) is 17.8 Å². The van der Waals surface area contributed by atoms with E-state index in [2.05, 4.69) is 21.1 Å². The van der Waals surface area contributed by atoms with E-state index < -0.39 is 5.54 Å². The smallest absolute Gasteiger partial charge is 0.287 e. The molecule has 0 radical (unpaired) electrons. The highest BCUT2D eigenvalue weighted by Gasteiger charge is 2.41. The molecule has 5 rings (SSSR count). The fourth-order valence-electron chi connectivity index (χ4n) is 4.19. The summed E-state index contributed by atoms with van der Waals surface area (Å²) >= 11 is 0. The van der Waals surface area contributed by atoms with Crippen molar-refractivity contribution in [3.63, 3.8) is 0 Å². The molecule has 4 aromatic carbocycles. The summed E-state index contributed by atoms with van der Waals surface area (Å²) in [6.07, 6.45) is 2.01. The second kappa shape index (κ2) is 10.7. The molecule has 0 saturated heterocycles. The molecule has 4 aromatic rings. The van der Waals surface area contributed by atoms with Gasteiger partial charge < -0.3 is 4.74 Å². The van der Waals surface area contributed by atoms with Crippen molar-refractivity contribution in [2.24, 2.45) is 10.2 Å². The van der Waals surface area contributed by atoms with Crippen molar-refractivity contribution < 1.29 is 9.53 Å². The van der Waals surface area contributed by atoms with Gasteiger partial charge in [0.15, 0.2) is 0 Å². The van der Waals surface area contributed by atoms with Gasteiger partial charge in [-0.2, -0.15) is 10.2 Å². The minimum absolute atomic E-state index is 0.338. The average molecular weight is 475 g/mol. The van der Waals surface area contributed by atoms with Gasteiger partial charge in [0.1, 0.15) is 23.6 Å². The zero-order valence-electron chi connectivity index (χ0n) is 19.7. The summed E-state index contributed by atoms with van der Waals surface area (Å²) in [5.74, 6) is 0.430. The average Bonchev–Trinajstić information content (AvgIpc) is 3.41. The molecule has 2 N–H and O–H groups in total. The molecule has 1 aliphatic heterocycles. The largest absolute Gasteiger partial charge is 0.489 e. The topological polar surface area (TPSA) is 75.1 Å². The third-order valence-electron chi connectivity index (χ3n) is 6.12. The van der Waals surface area contributed by atoms with Crippen LogP contribution in [0.4, 0.5) is 0 Å². The lowest BCUT2D eigenvalue weighted by Crippen LogP contribution is -2.38. The molecule has 6 nitrogen and oxygen atoms in total. The van der Waals surface area contributed by atoms with E-state index in [1.165, 1.54) is 0 Å². The molecule has 0 atom stereocenters. The van der Waals surface area contributed by atoms with E-state index in [0.717, 1.165) is 28.0 Å². The van der Waals surface area contributed by atoms with Crippen LogP contribution in [0.15, 0.2) is 125 Å². The van der Waals surface area contributed by atoms with Crippen molar-refractivity contribution in [1.82, 2.24) is 10.9 Å². The Morgan fingerprint density at radius 1 is 0.861 bits per heavy atom. The molecule has 0 bridgehead atoms. The number of ether oxygens (including phenoxy) is 1. The van der Waals surface area contributed by atoms with E-state index >= 15 is 0 Å². The summed E-state index contributed by atoms with van der Waals surface area (Å²) in [5.41, 5.74) is 9.67. The predicted molar refractivity (Wildman–Crippen MR) is 142 cm³/mol. The van der Waals surface area contributed by atoms with Gasteiger partial charge in [-0.05, 0) is 46.5 Å². The van der Waals surface area contributed by atoms with E-state index in [1.807, 2.05) is 115 Å². The molecule has 0 unspecified atom stereocenters. The van der Waals surface area contributed by atoms with Crippen LogP contribution in [-0.2, 0) is 16.9 Å². The molecular weight excluding hydrogens is 448 g/mol. The van der Waals surface area contributed by atoms with Gasteiger partial charge in [0.2, 0.25) is 0 Å². The molecule has 178 valence electrons. The van der Waals surface area contributed by atoms with Crippen molar-refractivity contribution in [1.29, 1.82) is 0 Å². The standard InChI is InChI=1S/C30H26N4O2/c35-29(33-31-21-23-16-18-27(19-17-23)36-22-24-10-4-1-5-11-24)28-20-30(34-32-28,25-12-6-2-7-13-25)26-14-8-3-9-15-26/h1-19,21,34H,20,22H2,(H,33,35)/b31-21+. The van der Waals surface area contributed by atoms with Crippen LogP contribution >= 0.6 is 0 Å². The monoisotopic (exact) mass is 474 g/mol. The van der Waals surface area contributed by atoms with E-state index in [9.17, 15) is 4.79 Å². The molecule has 0 fully saturated rings. The van der Waals surface area contributed by atoms with Gasteiger partial charge in [0.05, 0.1) is 6.21 Å². The summed E-state index contributed by atoms with van der Waals surface area (Å²) in [7, 11) is 0. The summed E-state index contributed by atoms with van der Waals surface area (Å²) in [4.78, 5) is 12.8. The zero-order chi connectivity index (χ0) is 24.6. The Kier molecular flexibility index (Phi) is 6.85. The number of amides is 1. The van der Waals surface area contributed by atoms with Gasteiger partial charge in [0, 0.05) is 6.42 Å². The Morgan fingerprint density at radius 3 is 2.06 bits per heavy atom. The second-order valence-corrected chi connectivity index (χ2v) is 8.53. The lowest BCUT2D eigenvalue weighted by molar-refractivity contribution is -0.114. The Morgan fingerprint density at radius 2 is 1.44 bits per heavy atom. The Labute approximate surface area is 210 Å². The summed E-state index contributed by atoms with van der Waals surface area (Å²) < 4.78 is 5.81. The molecule has 6 heteroatoms. The highest BCUT2D eigenvalue weighted by atomic mass is 16.5. The summed E-state index contributed by atoms with van der Waals surface area (Å²) in [6.45, 7) is 0.508. The summed E-state index contributed by atoms with van der Waals surface area (Å²) in [5, 5.41) is 8.52. The first-order valence-corrected chi connectivity index (χ1v) is 11.8. The maximum absolute atomic E-state index is 12.8. The van der Waals surface area contributed by atoms with Crippen molar-refractivity contribution in [3.05, 3.63) is 138 Å². The van der Waals surface area contributed by atoms with Crippen LogP contribution in [0.3, 0.4) is 0 Å². The van der Waals surface area contributed by atoms with Gasteiger partial charge in [-0.15, -0.1) is 0 Å². The van der Waals surface area contributed by atoms with Crippen molar-refractivity contribution in [2.45, 2.75) is 18.6 Å². The maximum atomic E-state index is 12.8. The first kappa shape index (κ1) is 23.1. The van der Waals surface area contributed by atoms with E-state index in [1.54, 1.807) is 6.21 Å². The van der Waals surface area contributed by atoms with Crippen LogP contribution < -0.4 is 15.6 Å². The lowest BCUT2D eigenvalue weighted by atomic mass is 9.80. The number of rotatable bonds is 8.